The van der Waals surface area contributed by atoms with Gasteiger partial charge in [0, 0.05) is 5.56 Å². The molecular weight excluding hydrogens is 280 g/mol. The Morgan fingerprint density at radius 3 is 1.96 bits per heavy atom. The Morgan fingerprint density at radius 1 is 0.870 bits per heavy atom. The number of carbonyl (C=O) groups is 1. The Bertz CT molecular complexity index is 426. The third-order valence-electron chi connectivity index (χ3n) is 5.63. The smallest absolute Gasteiger partial charge is 0.150 e. The average molecular weight is 315 g/mol. The molecule has 1 aliphatic rings. The molecule has 1 aromatic carbocycles. The van der Waals surface area contributed by atoms with E-state index in [0.29, 0.717) is 0 Å². The first-order valence-corrected chi connectivity index (χ1v) is 9.86. The lowest BCUT2D eigenvalue weighted by molar-refractivity contribution is 0.112. The lowest BCUT2D eigenvalue weighted by atomic mass is 9.78. The molecule has 0 atom stereocenters. The van der Waals surface area contributed by atoms with Crippen molar-refractivity contribution in [2.75, 3.05) is 0 Å². The summed E-state index contributed by atoms with van der Waals surface area (Å²) >= 11 is 0. The number of hydrogen-bond acceptors (Lipinski definition) is 1. The lowest BCUT2D eigenvalue weighted by Gasteiger charge is -2.28. The van der Waals surface area contributed by atoms with Crippen molar-refractivity contribution in [1.29, 1.82) is 0 Å². The molecule has 0 amide bonds. The van der Waals surface area contributed by atoms with E-state index < -0.39 is 0 Å². The van der Waals surface area contributed by atoms with Gasteiger partial charge in [0.2, 0.25) is 0 Å². The molecule has 0 bridgehead atoms. The molecule has 0 N–H and O–H groups in total. The van der Waals surface area contributed by atoms with E-state index in [4.69, 9.17) is 0 Å². The summed E-state index contributed by atoms with van der Waals surface area (Å²) in [5.41, 5.74) is 2.15. The summed E-state index contributed by atoms with van der Waals surface area (Å²) in [6.45, 7) is 2.30. The molecule has 0 radical (unpaired) electrons. The van der Waals surface area contributed by atoms with Crippen molar-refractivity contribution in [2.45, 2.75) is 84.0 Å². The monoisotopic (exact) mass is 314 g/mol. The molecule has 1 aliphatic carbocycles. The number of aryl methyl sites for hydroxylation is 1. The van der Waals surface area contributed by atoms with E-state index in [9.17, 15) is 4.79 Å². The second-order valence-electron chi connectivity index (χ2n) is 7.49. The maximum absolute atomic E-state index is 10.6. The van der Waals surface area contributed by atoms with Gasteiger partial charge < -0.3 is 0 Å². The molecule has 1 fully saturated rings. The first-order valence-electron chi connectivity index (χ1n) is 9.86. The molecule has 1 saturated carbocycles. The summed E-state index contributed by atoms with van der Waals surface area (Å²) in [4.78, 5) is 10.6. The van der Waals surface area contributed by atoms with Gasteiger partial charge in [0.05, 0.1) is 0 Å². The highest BCUT2D eigenvalue weighted by Crippen LogP contribution is 2.34. The highest BCUT2D eigenvalue weighted by atomic mass is 16.1. The van der Waals surface area contributed by atoms with Gasteiger partial charge in [-0.1, -0.05) is 95.4 Å². The Balaban J connectivity index is 1.54. The van der Waals surface area contributed by atoms with E-state index in [-0.39, 0.29) is 0 Å². The van der Waals surface area contributed by atoms with E-state index in [0.717, 1.165) is 30.1 Å². The minimum Gasteiger partial charge on any atom is -0.298 e. The van der Waals surface area contributed by atoms with Gasteiger partial charge in [-0.15, -0.1) is 0 Å². The topological polar surface area (TPSA) is 17.1 Å². The molecule has 2 rings (SSSR count). The molecule has 1 aromatic rings. The van der Waals surface area contributed by atoms with Crippen LogP contribution in [0.3, 0.4) is 0 Å². The molecule has 0 saturated heterocycles. The van der Waals surface area contributed by atoms with E-state index in [2.05, 4.69) is 19.1 Å². The van der Waals surface area contributed by atoms with E-state index in [1.807, 2.05) is 12.1 Å². The van der Waals surface area contributed by atoms with Crippen LogP contribution in [0.25, 0.3) is 0 Å². The van der Waals surface area contributed by atoms with Gasteiger partial charge in [0.25, 0.3) is 0 Å². The van der Waals surface area contributed by atoms with Crippen LogP contribution in [0.5, 0.6) is 0 Å². The van der Waals surface area contributed by atoms with Crippen molar-refractivity contribution in [1.82, 2.24) is 0 Å². The fourth-order valence-corrected chi connectivity index (χ4v) is 4.02. The number of rotatable bonds is 10. The van der Waals surface area contributed by atoms with Gasteiger partial charge in [-0.05, 0) is 30.2 Å². The third-order valence-corrected chi connectivity index (χ3v) is 5.63. The quantitative estimate of drug-likeness (QED) is 0.351. The summed E-state index contributed by atoms with van der Waals surface area (Å²) in [6.07, 6.45) is 17.8. The number of unbranched alkanes of at least 4 members (excludes halogenated alkanes) is 3. The second kappa shape index (κ2) is 10.6. The van der Waals surface area contributed by atoms with Crippen molar-refractivity contribution in [3.05, 3.63) is 35.4 Å². The number of aldehydes is 1. The Hall–Kier alpha value is -1.11. The lowest BCUT2D eigenvalue weighted by Crippen LogP contribution is -2.14. The van der Waals surface area contributed by atoms with Gasteiger partial charge in [0.15, 0.2) is 0 Å². The fourth-order valence-electron chi connectivity index (χ4n) is 4.02. The summed E-state index contributed by atoms with van der Waals surface area (Å²) < 4.78 is 0. The minimum absolute atomic E-state index is 0.782. The molecule has 0 aliphatic heterocycles. The zero-order valence-electron chi connectivity index (χ0n) is 14.9. The minimum atomic E-state index is 0.782. The predicted octanol–water partition coefficient (Wildman–Crippen LogP) is 6.60. The molecule has 0 heterocycles. The highest BCUT2D eigenvalue weighted by Gasteiger charge is 2.20. The van der Waals surface area contributed by atoms with Gasteiger partial charge in [-0.25, -0.2) is 0 Å². The molecule has 23 heavy (non-hydrogen) atoms. The maximum Gasteiger partial charge on any atom is 0.150 e. The summed E-state index contributed by atoms with van der Waals surface area (Å²) in [5, 5.41) is 0. The standard InChI is InChI=1S/C22H34O/c1-2-3-4-7-19-10-12-20(13-11-19)8-5-6-9-21-14-16-22(18-23)17-15-21/h14-20H,2-13H2,1H3/t19-,20-. The summed E-state index contributed by atoms with van der Waals surface area (Å²) in [7, 11) is 0. The first-order chi connectivity index (χ1) is 11.3. The first kappa shape index (κ1) is 18.2. The fraction of sp³-hybridized carbons (Fsp3) is 0.682. The van der Waals surface area contributed by atoms with Gasteiger partial charge >= 0.3 is 0 Å². The summed E-state index contributed by atoms with van der Waals surface area (Å²) in [6, 6.07) is 8.07. The van der Waals surface area contributed by atoms with Gasteiger partial charge in [0.1, 0.15) is 6.29 Å². The normalized spacial score (nSPS) is 21.3. The van der Waals surface area contributed by atoms with Gasteiger partial charge in [-0.3, -0.25) is 4.79 Å². The van der Waals surface area contributed by atoms with Gasteiger partial charge in [-0.2, -0.15) is 0 Å². The van der Waals surface area contributed by atoms with Crippen molar-refractivity contribution < 1.29 is 4.79 Å². The van der Waals surface area contributed by atoms with Crippen LogP contribution in [0.15, 0.2) is 24.3 Å². The highest BCUT2D eigenvalue weighted by molar-refractivity contribution is 5.74. The number of benzene rings is 1. The molecule has 0 spiro atoms. The second-order valence-corrected chi connectivity index (χ2v) is 7.49. The predicted molar refractivity (Wildman–Crippen MR) is 99.0 cm³/mol. The zero-order chi connectivity index (χ0) is 16.3. The van der Waals surface area contributed by atoms with Crippen molar-refractivity contribution >= 4 is 6.29 Å². The third kappa shape index (κ3) is 6.89. The van der Waals surface area contributed by atoms with Crippen molar-refractivity contribution in [3.8, 4) is 0 Å². The van der Waals surface area contributed by atoms with E-state index >= 15 is 0 Å². The van der Waals surface area contributed by atoms with E-state index in [1.54, 1.807) is 0 Å². The van der Waals surface area contributed by atoms with Crippen LogP contribution in [0.2, 0.25) is 0 Å². The van der Waals surface area contributed by atoms with Crippen molar-refractivity contribution in [3.63, 3.8) is 0 Å². The zero-order valence-corrected chi connectivity index (χ0v) is 14.9. The molecular formula is C22H34O. The van der Waals surface area contributed by atoms with Crippen LogP contribution in [0, 0.1) is 11.8 Å². The van der Waals surface area contributed by atoms with Crippen LogP contribution in [0.1, 0.15) is 93.5 Å². The van der Waals surface area contributed by atoms with Crippen LogP contribution in [-0.4, -0.2) is 6.29 Å². The Kier molecular flexibility index (Phi) is 8.42. The van der Waals surface area contributed by atoms with Crippen LogP contribution >= 0.6 is 0 Å². The SMILES string of the molecule is CCCCC[C@H]1CC[C@H](CCCCc2ccc(C=O)cc2)CC1. The largest absolute Gasteiger partial charge is 0.298 e. The average Bonchev–Trinajstić information content (AvgIpc) is 2.61. The number of hydrogen-bond donors (Lipinski definition) is 0. The maximum atomic E-state index is 10.6. The molecule has 0 aromatic heterocycles. The molecule has 1 heteroatoms. The van der Waals surface area contributed by atoms with Crippen LogP contribution < -0.4 is 0 Å². The van der Waals surface area contributed by atoms with Crippen LogP contribution in [-0.2, 0) is 6.42 Å². The summed E-state index contributed by atoms with van der Waals surface area (Å²) in [5.74, 6) is 2.03. The number of carbonyl (C=O) groups excluding carboxylic acids is 1. The molecule has 1 nitrogen and oxygen atoms in total. The molecule has 0 unspecified atom stereocenters. The van der Waals surface area contributed by atoms with Crippen LogP contribution in [0.4, 0.5) is 0 Å². The van der Waals surface area contributed by atoms with E-state index in [1.165, 1.54) is 76.2 Å². The van der Waals surface area contributed by atoms with Crippen molar-refractivity contribution in [2.24, 2.45) is 11.8 Å². The Morgan fingerprint density at radius 2 is 1.43 bits per heavy atom. The molecule has 128 valence electrons. The Labute approximate surface area is 142 Å².